The first-order chi connectivity index (χ1) is 10.1. The molecule has 0 N–H and O–H groups in total. The summed E-state index contributed by atoms with van der Waals surface area (Å²) in [5, 5.41) is 0.609. The summed E-state index contributed by atoms with van der Waals surface area (Å²) >= 11 is 8.14. The molecular formula is C16H9ClINO2. The van der Waals surface area contributed by atoms with Gasteiger partial charge in [-0.1, -0.05) is 23.7 Å². The van der Waals surface area contributed by atoms with Gasteiger partial charge in [-0.15, -0.1) is 0 Å². The number of aliphatic imine (C=N–C) groups is 1. The monoisotopic (exact) mass is 409 g/mol. The molecule has 5 heteroatoms. The summed E-state index contributed by atoms with van der Waals surface area (Å²) in [5.74, 6) is -0.131. The third kappa shape index (κ3) is 3.33. The van der Waals surface area contributed by atoms with E-state index in [4.69, 9.17) is 16.3 Å². The highest BCUT2D eigenvalue weighted by Gasteiger charge is 2.23. The molecule has 0 fully saturated rings. The van der Waals surface area contributed by atoms with Gasteiger partial charge in [0.05, 0.1) is 0 Å². The minimum atomic E-state index is -0.455. The summed E-state index contributed by atoms with van der Waals surface area (Å²) in [6, 6.07) is 14.8. The highest BCUT2D eigenvalue weighted by atomic mass is 127. The summed E-state index contributed by atoms with van der Waals surface area (Å²) < 4.78 is 6.32. The van der Waals surface area contributed by atoms with Crippen LogP contribution in [-0.4, -0.2) is 11.9 Å². The molecule has 2 aromatic rings. The molecule has 0 spiro atoms. The van der Waals surface area contributed by atoms with Crippen LogP contribution in [0.5, 0.6) is 0 Å². The second kappa shape index (κ2) is 5.99. The molecule has 3 nitrogen and oxygen atoms in total. The lowest BCUT2D eigenvalue weighted by molar-refractivity contribution is -0.129. The maximum atomic E-state index is 11.9. The van der Waals surface area contributed by atoms with E-state index in [1.54, 1.807) is 18.2 Å². The van der Waals surface area contributed by atoms with Gasteiger partial charge in [-0.25, -0.2) is 9.79 Å². The van der Waals surface area contributed by atoms with E-state index in [0.717, 1.165) is 14.7 Å². The second-order valence-electron chi connectivity index (χ2n) is 4.40. The van der Waals surface area contributed by atoms with Crippen LogP contribution >= 0.6 is 34.2 Å². The van der Waals surface area contributed by atoms with E-state index in [9.17, 15) is 4.79 Å². The lowest BCUT2D eigenvalue weighted by Gasteiger charge is -1.98. The smallest absolute Gasteiger partial charge is 0.363 e. The predicted octanol–water partition coefficient (Wildman–Crippen LogP) is 4.29. The molecule has 1 aliphatic heterocycles. The van der Waals surface area contributed by atoms with Gasteiger partial charge in [0.25, 0.3) is 0 Å². The zero-order valence-electron chi connectivity index (χ0n) is 10.7. The number of hydrogen-bond acceptors (Lipinski definition) is 3. The predicted molar refractivity (Wildman–Crippen MR) is 91.2 cm³/mol. The van der Waals surface area contributed by atoms with Crippen molar-refractivity contribution in [3.05, 3.63) is 73.9 Å². The third-order valence-electron chi connectivity index (χ3n) is 2.86. The number of rotatable bonds is 2. The molecule has 0 radical (unpaired) electrons. The van der Waals surface area contributed by atoms with Crippen molar-refractivity contribution in [1.29, 1.82) is 0 Å². The van der Waals surface area contributed by atoms with Gasteiger partial charge in [0.2, 0.25) is 5.90 Å². The van der Waals surface area contributed by atoms with Crippen molar-refractivity contribution in [2.75, 3.05) is 0 Å². The summed E-state index contributed by atoms with van der Waals surface area (Å²) in [5.41, 5.74) is 1.85. The summed E-state index contributed by atoms with van der Waals surface area (Å²) in [6.07, 6.45) is 1.66. The Kier molecular flexibility index (Phi) is 4.07. The van der Waals surface area contributed by atoms with Gasteiger partial charge >= 0.3 is 5.97 Å². The first-order valence-electron chi connectivity index (χ1n) is 6.16. The average molecular weight is 410 g/mol. The largest absolute Gasteiger partial charge is 0.402 e. The minimum Gasteiger partial charge on any atom is -0.402 e. The highest BCUT2D eigenvalue weighted by molar-refractivity contribution is 14.1. The maximum absolute atomic E-state index is 11.9. The molecule has 104 valence electrons. The molecule has 0 atom stereocenters. The van der Waals surface area contributed by atoms with E-state index in [1.807, 2.05) is 36.4 Å². The first kappa shape index (κ1) is 14.3. The number of cyclic esters (lactones) is 1. The zero-order chi connectivity index (χ0) is 14.8. The molecule has 21 heavy (non-hydrogen) atoms. The van der Waals surface area contributed by atoms with Crippen LogP contribution in [0.1, 0.15) is 11.1 Å². The molecular weight excluding hydrogens is 401 g/mol. The Morgan fingerprint density at radius 1 is 1.14 bits per heavy atom. The summed E-state index contributed by atoms with van der Waals surface area (Å²) in [7, 11) is 0. The van der Waals surface area contributed by atoms with Crippen LogP contribution in [0.3, 0.4) is 0 Å². The lowest BCUT2D eigenvalue weighted by atomic mass is 10.2. The summed E-state index contributed by atoms with van der Waals surface area (Å²) in [4.78, 5) is 16.1. The Morgan fingerprint density at radius 2 is 1.90 bits per heavy atom. The van der Waals surface area contributed by atoms with Crippen LogP contribution in [0, 0.1) is 3.57 Å². The van der Waals surface area contributed by atoms with Crippen molar-refractivity contribution < 1.29 is 9.53 Å². The number of benzene rings is 2. The van der Waals surface area contributed by atoms with E-state index in [0.29, 0.717) is 10.9 Å². The van der Waals surface area contributed by atoms with Crippen LogP contribution < -0.4 is 0 Å². The molecule has 0 aliphatic carbocycles. The highest BCUT2D eigenvalue weighted by Crippen LogP contribution is 2.21. The molecule has 0 amide bonds. The SMILES string of the molecule is O=C1OC(c2ccc(I)cc2)=NC1=Cc1cccc(Cl)c1. The molecule has 1 aliphatic rings. The third-order valence-corrected chi connectivity index (χ3v) is 3.82. The van der Waals surface area contributed by atoms with Crippen LogP contribution in [0.4, 0.5) is 0 Å². The van der Waals surface area contributed by atoms with Gasteiger partial charge in [0.1, 0.15) is 0 Å². The average Bonchev–Trinajstić information content (AvgIpc) is 2.81. The topological polar surface area (TPSA) is 38.7 Å². The van der Waals surface area contributed by atoms with Crippen LogP contribution in [0.15, 0.2) is 59.2 Å². The number of ether oxygens (including phenoxy) is 1. The molecule has 0 bridgehead atoms. The molecule has 0 unspecified atom stereocenters. The molecule has 0 saturated heterocycles. The molecule has 3 rings (SSSR count). The quantitative estimate of drug-likeness (QED) is 0.422. The van der Waals surface area contributed by atoms with Gasteiger partial charge in [0.15, 0.2) is 5.70 Å². The Labute approximate surface area is 140 Å². The zero-order valence-corrected chi connectivity index (χ0v) is 13.6. The molecule has 1 heterocycles. The van der Waals surface area contributed by atoms with Gasteiger partial charge < -0.3 is 4.74 Å². The van der Waals surface area contributed by atoms with Crippen LogP contribution in [-0.2, 0) is 9.53 Å². The Balaban J connectivity index is 1.93. The van der Waals surface area contributed by atoms with E-state index in [-0.39, 0.29) is 5.70 Å². The van der Waals surface area contributed by atoms with Crippen LogP contribution in [0.2, 0.25) is 5.02 Å². The number of esters is 1. The fourth-order valence-electron chi connectivity index (χ4n) is 1.88. The van der Waals surface area contributed by atoms with Crippen molar-refractivity contribution in [1.82, 2.24) is 0 Å². The van der Waals surface area contributed by atoms with Gasteiger partial charge in [0, 0.05) is 14.2 Å². The number of carbonyl (C=O) groups excluding carboxylic acids is 1. The fourth-order valence-corrected chi connectivity index (χ4v) is 2.44. The summed E-state index contributed by atoms with van der Waals surface area (Å²) in [6.45, 7) is 0. The van der Waals surface area contributed by atoms with Gasteiger partial charge in [-0.2, -0.15) is 0 Å². The lowest BCUT2D eigenvalue weighted by Crippen LogP contribution is -2.05. The van der Waals surface area contributed by atoms with E-state index in [1.165, 1.54) is 0 Å². The normalized spacial score (nSPS) is 16.0. The second-order valence-corrected chi connectivity index (χ2v) is 6.08. The van der Waals surface area contributed by atoms with E-state index < -0.39 is 5.97 Å². The van der Waals surface area contributed by atoms with Gasteiger partial charge in [-0.3, -0.25) is 0 Å². The molecule has 2 aromatic carbocycles. The van der Waals surface area contributed by atoms with E-state index >= 15 is 0 Å². The van der Waals surface area contributed by atoms with Crippen molar-refractivity contribution in [3.63, 3.8) is 0 Å². The number of nitrogens with zero attached hydrogens (tertiary/aromatic N) is 1. The molecule has 0 aromatic heterocycles. The standard InChI is InChI=1S/C16H9ClINO2/c17-12-3-1-2-10(8-12)9-14-16(20)21-15(19-14)11-4-6-13(18)7-5-11/h1-9H. The van der Waals surface area contributed by atoms with E-state index in [2.05, 4.69) is 27.6 Å². The van der Waals surface area contributed by atoms with Crippen molar-refractivity contribution in [2.45, 2.75) is 0 Å². The van der Waals surface area contributed by atoms with Crippen LogP contribution in [0.25, 0.3) is 6.08 Å². The number of hydrogen-bond donors (Lipinski definition) is 0. The Bertz CT molecular complexity index is 766. The maximum Gasteiger partial charge on any atom is 0.363 e. The fraction of sp³-hybridized carbons (Fsp3) is 0. The van der Waals surface area contributed by atoms with Crippen molar-refractivity contribution in [2.24, 2.45) is 4.99 Å². The Hall–Kier alpha value is -1.66. The van der Waals surface area contributed by atoms with Crippen molar-refractivity contribution in [3.8, 4) is 0 Å². The number of carbonyl (C=O) groups is 1. The minimum absolute atomic E-state index is 0.269. The number of halogens is 2. The molecule has 0 saturated carbocycles. The van der Waals surface area contributed by atoms with Crippen molar-refractivity contribution >= 4 is 52.1 Å². The van der Waals surface area contributed by atoms with Gasteiger partial charge in [-0.05, 0) is 70.6 Å². The first-order valence-corrected chi connectivity index (χ1v) is 7.61. The Morgan fingerprint density at radius 3 is 2.62 bits per heavy atom.